The lowest BCUT2D eigenvalue weighted by molar-refractivity contribution is 0.600. The topological polar surface area (TPSA) is 98.0 Å². The maximum atomic E-state index is 12.1. The molecule has 1 heterocycles. The third-order valence-electron chi connectivity index (χ3n) is 2.51. The molecule has 100 valence electrons. The molecule has 0 saturated heterocycles. The Morgan fingerprint density at radius 1 is 1.16 bits per heavy atom. The fourth-order valence-corrected chi connectivity index (χ4v) is 2.44. The van der Waals surface area contributed by atoms with E-state index < -0.39 is 10.0 Å². The molecule has 19 heavy (non-hydrogen) atoms. The third-order valence-corrected chi connectivity index (χ3v) is 3.85. The number of benzene rings is 1. The zero-order valence-corrected chi connectivity index (χ0v) is 11.1. The van der Waals surface area contributed by atoms with Gasteiger partial charge in [-0.2, -0.15) is 0 Å². The highest BCUT2D eigenvalue weighted by Gasteiger charge is 2.15. The molecule has 0 spiro atoms. The maximum absolute atomic E-state index is 12.1. The summed E-state index contributed by atoms with van der Waals surface area (Å²) in [7, 11) is -3.67. The molecule has 2 rings (SSSR count). The van der Waals surface area contributed by atoms with Crippen molar-refractivity contribution in [2.75, 3.05) is 4.72 Å². The zero-order valence-electron chi connectivity index (χ0n) is 10.3. The van der Waals surface area contributed by atoms with Gasteiger partial charge in [0.1, 0.15) is 0 Å². The van der Waals surface area contributed by atoms with Crippen LogP contribution in [0, 0.1) is 0 Å². The highest BCUT2D eigenvalue weighted by molar-refractivity contribution is 7.92. The van der Waals surface area contributed by atoms with Gasteiger partial charge in [-0.15, -0.1) is 0 Å². The molecule has 2 aromatic rings. The summed E-state index contributed by atoms with van der Waals surface area (Å²) in [6.07, 6.45) is 2.92. The summed E-state index contributed by atoms with van der Waals surface area (Å²) in [4.78, 5) is 7.77. The average molecular weight is 278 g/mol. The summed E-state index contributed by atoms with van der Waals surface area (Å²) < 4.78 is 26.4. The highest BCUT2D eigenvalue weighted by Crippen LogP contribution is 2.16. The first-order valence-corrected chi connectivity index (χ1v) is 7.13. The molecule has 1 unspecified atom stereocenters. The molecular formula is C12H14N4O2S. The quantitative estimate of drug-likeness (QED) is 0.878. The number of hydrogen-bond donors (Lipinski definition) is 2. The van der Waals surface area contributed by atoms with Gasteiger partial charge in [0.25, 0.3) is 10.0 Å². The minimum absolute atomic E-state index is 0.0405. The van der Waals surface area contributed by atoms with Crippen LogP contribution in [0.5, 0.6) is 0 Å². The summed E-state index contributed by atoms with van der Waals surface area (Å²) in [5.41, 5.74) is 6.58. The second kappa shape index (κ2) is 5.33. The van der Waals surface area contributed by atoms with E-state index in [4.69, 9.17) is 5.73 Å². The smallest absolute Gasteiger partial charge is 0.264 e. The van der Waals surface area contributed by atoms with Crippen LogP contribution >= 0.6 is 0 Å². The first kappa shape index (κ1) is 13.4. The van der Waals surface area contributed by atoms with E-state index in [1.807, 2.05) is 6.92 Å². The first-order chi connectivity index (χ1) is 8.99. The number of nitrogens with zero attached hydrogens (tertiary/aromatic N) is 2. The van der Waals surface area contributed by atoms with Crippen molar-refractivity contribution in [3.63, 3.8) is 0 Å². The molecule has 3 N–H and O–H groups in total. The number of rotatable bonds is 4. The van der Waals surface area contributed by atoms with Gasteiger partial charge in [-0.05, 0) is 30.7 Å². The number of nitrogens with two attached hydrogens (primary N) is 1. The fourth-order valence-electron chi connectivity index (χ4n) is 1.48. The lowest BCUT2D eigenvalue weighted by Crippen LogP contribution is -2.15. The first-order valence-electron chi connectivity index (χ1n) is 5.64. The Kier molecular flexibility index (Phi) is 3.77. The van der Waals surface area contributed by atoms with Crippen molar-refractivity contribution < 1.29 is 8.42 Å². The van der Waals surface area contributed by atoms with Gasteiger partial charge in [0.05, 0.1) is 4.90 Å². The number of nitrogens with one attached hydrogen (secondary N) is 1. The van der Waals surface area contributed by atoms with Gasteiger partial charge in [0, 0.05) is 18.4 Å². The highest BCUT2D eigenvalue weighted by atomic mass is 32.2. The standard InChI is InChI=1S/C12H14N4O2S/c1-9(13)10-3-5-11(6-4-10)19(17,18)16-12-14-7-2-8-15-12/h2-9H,13H2,1H3,(H,14,15,16). The van der Waals surface area contributed by atoms with Gasteiger partial charge < -0.3 is 5.73 Å². The molecule has 1 atom stereocenters. The summed E-state index contributed by atoms with van der Waals surface area (Å²) in [6, 6.07) is 7.85. The van der Waals surface area contributed by atoms with Crippen LogP contribution in [0.3, 0.4) is 0 Å². The minimum Gasteiger partial charge on any atom is -0.324 e. The number of anilines is 1. The van der Waals surface area contributed by atoms with Crippen LogP contribution < -0.4 is 10.5 Å². The molecule has 1 aromatic carbocycles. The molecule has 0 aliphatic heterocycles. The summed E-state index contributed by atoms with van der Waals surface area (Å²) in [5, 5.41) is 0. The van der Waals surface area contributed by atoms with Crippen molar-refractivity contribution in [2.45, 2.75) is 17.9 Å². The van der Waals surface area contributed by atoms with Crippen LogP contribution in [0.25, 0.3) is 0 Å². The molecule has 0 amide bonds. The van der Waals surface area contributed by atoms with E-state index >= 15 is 0 Å². The zero-order chi connectivity index (χ0) is 13.9. The summed E-state index contributed by atoms with van der Waals surface area (Å²) in [5.74, 6) is 0.0405. The SMILES string of the molecule is CC(N)c1ccc(S(=O)(=O)Nc2ncccn2)cc1. The van der Waals surface area contributed by atoms with E-state index in [1.165, 1.54) is 24.5 Å². The number of sulfonamides is 1. The van der Waals surface area contributed by atoms with E-state index in [9.17, 15) is 8.42 Å². The Balaban J connectivity index is 2.25. The van der Waals surface area contributed by atoms with Crippen LogP contribution in [0.15, 0.2) is 47.6 Å². The van der Waals surface area contributed by atoms with Gasteiger partial charge >= 0.3 is 0 Å². The molecule has 1 aromatic heterocycles. The van der Waals surface area contributed by atoms with Crippen LogP contribution in [-0.2, 0) is 10.0 Å². The number of hydrogen-bond acceptors (Lipinski definition) is 5. The molecule has 0 fully saturated rings. The second-order valence-electron chi connectivity index (χ2n) is 4.04. The summed E-state index contributed by atoms with van der Waals surface area (Å²) >= 11 is 0. The lowest BCUT2D eigenvalue weighted by Gasteiger charge is -2.08. The molecular weight excluding hydrogens is 264 g/mol. The maximum Gasteiger partial charge on any atom is 0.264 e. The molecule has 7 heteroatoms. The molecule has 0 bridgehead atoms. The van der Waals surface area contributed by atoms with Crippen molar-refractivity contribution in [2.24, 2.45) is 5.73 Å². The van der Waals surface area contributed by atoms with Gasteiger partial charge in [0.2, 0.25) is 5.95 Å². The van der Waals surface area contributed by atoms with E-state index in [0.717, 1.165) is 5.56 Å². The van der Waals surface area contributed by atoms with Gasteiger partial charge in [-0.1, -0.05) is 12.1 Å². The lowest BCUT2D eigenvalue weighted by atomic mass is 10.1. The third kappa shape index (κ3) is 3.27. The Hall–Kier alpha value is -1.99. The van der Waals surface area contributed by atoms with Crippen molar-refractivity contribution >= 4 is 16.0 Å². The largest absolute Gasteiger partial charge is 0.324 e. The van der Waals surface area contributed by atoms with Crippen LogP contribution in [0.4, 0.5) is 5.95 Å². The Labute approximate surface area is 111 Å². The number of aromatic nitrogens is 2. The van der Waals surface area contributed by atoms with Crippen LogP contribution in [0.2, 0.25) is 0 Å². The fraction of sp³-hybridized carbons (Fsp3) is 0.167. The molecule has 0 saturated carbocycles. The van der Waals surface area contributed by atoms with Gasteiger partial charge in [-0.3, -0.25) is 0 Å². The van der Waals surface area contributed by atoms with E-state index in [0.29, 0.717) is 0 Å². The minimum atomic E-state index is -3.67. The van der Waals surface area contributed by atoms with Crippen molar-refractivity contribution in [1.82, 2.24) is 9.97 Å². The second-order valence-corrected chi connectivity index (χ2v) is 5.72. The normalized spacial score (nSPS) is 12.9. The van der Waals surface area contributed by atoms with Crippen molar-refractivity contribution in [1.29, 1.82) is 0 Å². The molecule has 0 aliphatic rings. The monoisotopic (exact) mass is 278 g/mol. The average Bonchev–Trinajstić information content (AvgIpc) is 2.39. The summed E-state index contributed by atoms with van der Waals surface area (Å²) in [6.45, 7) is 1.83. The van der Waals surface area contributed by atoms with Crippen molar-refractivity contribution in [3.8, 4) is 0 Å². The molecule has 6 nitrogen and oxygen atoms in total. The van der Waals surface area contributed by atoms with E-state index in [-0.39, 0.29) is 16.9 Å². The van der Waals surface area contributed by atoms with Crippen LogP contribution in [-0.4, -0.2) is 18.4 Å². The van der Waals surface area contributed by atoms with Gasteiger partial charge in [0.15, 0.2) is 0 Å². The Bertz CT molecular complexity index is 639. The Morgan fingerprint density at radius 2 is 1.74 bits per heavy atom. The molecule has 0 aliphatic carbocycles. The molecule has 0 radical (unpaired) electrons. The van der Waals surface area contributed by atoms with Crippen LogP contribution in [0.1, 0.15) is 18.5 Å². The van der Waals surface area contributed by atoms with Gasteiger partial charge in [-0.25, -0.2) is 23.1 Å². The van der Waals surface area contributed by atoms with Crippen molar-refractivity contribution in [3.05, 3.63) is 48.3 Å². The predicted molar refractivity (Wildman–Crippen MR) is 71.9 cm³/mol. The Morgan fingerprint density at radius 3 is 2.26 bits per heavy atom. The van der Waals surface area contributed by atoms with E-state index in [1.54, 1.807) is 18.2 Å². The van der Waals surface area contributed by atoms with E-state index in [2.05, 4.69) is 14.7 Å². The predicted octanol–water partition coefficient (Wildman–Crippen LogP) is 1.30.